The summed E-state index contributed by atoms with van der Waals surface area (Å²) in [5, 5.41) is 17.7. The van der Waals surface area contributed by atoms with Crippen LogP contribution < -0.4 is 0 Å². The minimum Gasteiger partial charge on any atom is -0.386 e. The third-order valence-corrected chi connectivity index (χ3v) is 3.80. The molecule has 22 heavy (non-hydrogen) atoms. The van der Waals surface area contributed by atoms with Crippen LogP contribution in [0.2, 0.25) is 0 Å². The normalized spacial score (nSPS) is 16.1. The Kier molecular flexibility index (Phi) is 3.77. The first-order valence-electron chi connectivity index (χ1n) is 7.15. The van der Waals surface area contributed by atoms with Crippen molar-refractivity contribution in [1.29, 1.82) is 0 Å². The van der Waals surface area contributed by atoms with E-state index in [4.69, 9.17) is 0 Å². The van der Waals surface area contributed by atoms with Crippen molar-refractivity contribution in [3.63, 3.8) is 0 Å². The van der Waals surface area contributed by atoms with E-state index in [0.717, 1.165) is 5.56 Å². The fourth-order valence-corrected chi connectivity index (χ4v) is 2.65. The highest BCUT2D eigenvalue weighted by Crippen LogP contribution is 2.26. The van der Waals surface area contributed by atoms with Crippen LogP contribution in [0.1, 0.15) is 22.3 Å². The van der Waals surface area contributed by atoms with Crippen molar-refractivity contribution in [2.45, 2.75) is 18.6 Å². The van der Waals surface area contributed by atoms with Crippen LogP contribution >= 0.6 is 0 Å². The van der Waals surface area contributed by atoms with Crippen LogP contribution in [0, 0.1) is 0 Å². The first kappa shape index (κ1) is 14.5. The summed E-state index contributed by atoms with van der Waals surface area (Å²) < 4.78 is 1.72. The van der Waals surface area contributed by atoms with Gasteiger partial charge in [0.15, 0.2) is 0 Å². The molecule has 0 unspecified atom stereocenters. The first-order valence-corrected chi connectivity index (χ1v) is 7.15. The summed E-state index contributed by atoms with van der Waals surface area (Å²) in [6.07, 6.45) is 5.61. The Balaban J connectivity index is 1.61. The number of nitrogens with zero attached hydrogens (tertiary/aromatic N) is 4. The molecule has 114 valence electrons. The van der Waals surface area contributed by atoms with Gasteiger partial charge in [-0.15, -0.1) is 11.7 Å². The number of likely N-dealkylation sites (tertiary alicyclic amines) is 1. The lowest BCUT2D eigenvalue weighted by molar-refractivity contribution is -0.0781. The van der Waals surface area contributed by atoms with Gasteiger partial charge in [0.2, 0.25) is 0 Å². The van der Waals surface area contributed by atoms with Crippen LogP contribution in [-0.2, 0) is 6.54 Å². The van der Waals surface area contributed by atoms with E-state index in [1.165, 1.54) is 0 Å². The fraction of sp³-hybridized carbons (Fsp3) is 0.312. The second-order valence-electron chi connectivity index (χ2n) is 5.68. The summed E-state index contributed by atoms with van der Waals surface area (Å²) in [7, 11) is 0. The monoisotopic (exact) mass is 298 g/mol. The number of benzene rings is 1. The summed E-state index contributed by atoms with van der Waals surface area (Å²) >= 11 is 0. The SMILES string of the molecule is C=CCC1(O)CN(C(=O)c2ccc(Cn3ccnn3)cc2)C1. The Morgan fingerprint density at radius 2 is 2.09 bits per heavy atom. The third kappa shape index (κ3) is 2.92. The van der Waals surface area contributed by atoms with Crippen molar-refractivity contribution in [3.05, 3.63) is 60.4 Å². The number of amides is 1. The van der Waals surface area contributed by atoms with Crippen LogP contribution in [0.4, 0.5) is 0 Å². The number of hydrogen-bond acceptors (Lipinski definition) is 4. The average molecular weight is 298 g/mol. The topological polar surface area (TPSA) is 71.2 Å². The molecule has 1 aliphatic heterocycles. The molecule has 1 aromatic carbocycles. The largest absolute Gasteiger partial charge is 0.386 e. The highest BCUT2D eigenvalue weighted by Gasteiger charge is 2.42. The van der Waals surface area contributed by atoms with Gasteiger partial charge >= 0.3 is 0 Å². The van der Waals surface area contributed by atoms with Gasteiger partial charge in [0, 0.05) is 11.8 Å². The number of carbonyl (C=O) groups excluding carboxylic acids is 1. The summed E-state index contributed by atoms with van der Waals surface area (Å²) in [6.45, 7) is 4.96. The van der Waals surface area contributed by atoms with Gasteiger partial charge in [-0.1, -0.05) is 23.4 Å². The van der Waals surface area contributed by atoms with E-state index in [-0.39, 0.29) is 5.91 Å². The van der Waals surface area contributed by atoms with Crippen molar-refractivity contribution in [2.75, 3.05) is 13.1 Å². The van der Waals surface area contributed by atoms with Crippen LogP contribution in [0.15, 0.2) is 49.3 Å². The molecule has 6 nitrogen and oxygen atoms in total. The molecule has 2 aromatic rings. The quantitative estimate of drug-likeness (QED) is 0.839. The molecule has 1 aromatic heterocycles. The van der Waals surface area contributed by atoms with Crippen molar-refractivity contribution in [2.24, 2.45) is 0 Å². The van der Waals surface area contributed by atoms with Crippen molar-refractivity contribution < 1.29 is 9.90 Å². The molecule has 1 saturated heterocycles. The zero-order valence-electron chi connectivity index (χ0n) is 12.2. The Hall–Kier alpha value is -2.47. The zero-order chi connectivity index (χ0) is 15.6. The van der Waals surface area contributed by atoms with E-state index in [1.807, 2.05) is 12.1 Å². The van der Waals surface area contributed by atoms with Gasteiger partial charge in [-0.05, 0) is 24.1 Å². The number of aromatic nitrogens is 3. The Morgan fingerprint density at radius 1 is 1.36 bits per heavy atom. The maximum Gasteiger partial charge on any atom is 0.254 e. The Morgan fingerprint density at radius 3 is 2.68 bits per heavy atom. The molecule has 0 aliphatic carbocycles. The third-order valence-electron chi connectivity index (χ3n) is 3.80. The Bertz CT molecular complexity index is 658. The lowest BCUT2D eigenvalue weighted by atomic mass is 9.90. The standard InChI is InChI=1S/C16H18N4O2/c1-2-7-16(22)11-19(12-16)15(21)14-5-3-13(4-6-14)10-20-9-8-17-18-20/h2-6,8-9,22H,1,7,10-12H2. The van der Waals surface area contributed by atoms with Crippen LogP contribution in [-0.4, -0.2) is 49.6 Å². The van der Waals surface area contributed by atoms with Crippen molar-refractivity contribution in [1.82, 2.24) is 19.9 Å². The maximum absolute atomic E-state index is 12.3. The van der Waals surface area contributed by atoms with E-state index in [0.29, 0.717) is 31.6 Å². The van der Waals surface area contributed by atoms with Crippen LogP contribution in [0.25, 0.3) is 0 Å². The smallest absolute Gasteiger partial charge is 0.254 e. The molecule has 1 amide bonds. The molecule has 3 rings (SSSR count). The van der Waals surface area contributed by atoms with E-state index in [1.54, 1.807) is 40.2 Å². The average Bonchev–Trinajstić information content (AvgIpc) is 2.98. The predicted octanol–water partition coefficient (Wildman–Crippen LogP) is 1.09. The van der Waals surface area contributed by atoms with Gasteiger partial charge in [0.05, 0.1) is 25.8 Å². The van der Waals surface area contributed by atoms with Crippen molar-refractivity contribution >= 4 is 5.91 Å². The summed E-state index contributed by atoms with van der Waals surface area (Å²) in [5.41, 5.74) is 0.876. The number of hydrogen-bond donors (Lipinski definition) is 1. The van der Waals surface area contributed by atoms with Gasteiger partial charge in [0.25, 0.3) is 5.91 Å². The fourth-order valence-electron chi connectivity index (χ4n) is 2.65. The molecule has 0 radical (unpaired) electrons. The van der Waals surface area contributed by atoms with E-state index >= 15 is 0 Å². The second-order valence-corrected chi connectivity index (χ2v) is 5.68. The predicted molar refractivity (Wildman–Crippen MR) is 81.2 cm³/mol. The highest BCUT2D eigenvalue weighted by molar-refractivity contribution is 5.95. The number of β-amino-alcohol motifs (C(OH)–C–C–N with tert-alkyl or cyclic N) is 1. The lowest BCUT2D eigenvalue weighted by Gasteiger charge is -2.46. The molecule has 6 heteroatoms. The molecule has 1 N–H and O–H groups in total. The Labute approximate surface area is 128 Å². The number of rotatable bonds is 5. The number of carbonyl (C=O) groups is 1. The summed E-state index contributed by atoms with van der Waals surface area (Å²) in [4.78, 5) is 14.0. The van der Waals surface area contributed by atoms with E-state index < -0.39 is 5.60 Å². The number of aliphatic hydroxyl groups is 1. The van der Waals surface area contributed by atoms with Gasteiger partial charge in [-0.3, -0.25) is 4.79 Å². The van der Waals surface area contributed by atoms with E-state index in [9.17, 15) is 9.90 Å². The van der Waals surface area contributed by atoms with Gasteiger partial charge in [-0.2, -0.15) is 0 Å². The van der Waals surface area contributed by atoms with Crippen molar-refractivity contribution in [3.8, 4) is 0 Å². The van der Waals surface area contributed by atoms with Crippen LogP contribution in [0.5, 0.6) is 0 Å². The molecule has 1 aliphatic rings. The molecule has 1 fully saturated rings. The molecular formula is C16H18N4O2. The minimum absolute atomic E-state index is 0.0546. The molecule has 2 heterocycles. The summed E-state index contributed by atoms with van der Waals surface area (Å²) in [5.74, 6) is -0.0546. The molecule has 0 atom stereocenters. The molecular weight excluding hydrogens is 280 g/mol. The second kappa shape index (κ2) is 5.73. The maximum atomic E-state index is 12.3. The van der Waals surface area contributed by atoms with Gasteiger partial charge < -0.3 is 10.0 Å². The van der Waals surface area contributed by atoms with Gasteiger partial charge in [0.1, 0.15) is 5.60 Å². The zero-order valence-corrected chi connectivity index (χ0v) is 12.2. The highest BCUT2D eigenvalue weighted by atomic mass is 16.3. The van der Waals surface area contributed by atoms with Gasteiger partial charge in [-0.25, -0.2) is 4.68 Å². The van der Waals surface area contributed by atoms with E-state index in [2.05, 4.69) is 16.9 Å². The van der Waals surface area contributed by atoms with Crippen LogP contribution in [0.3, 0.4) is 0 Å². The minimum atomic E-state index is -0.801. The first-order chi connectivity index (χ1) is 10.6. The molecule has 0 saturated carbocycles. The molecule has 0 spiro atoms. The molecule has 0 bridgehead atoms. The lowest BCUT2D eigenvalue weighted by Crippen LogP contribution is -2.63. The summed E-state index contributed by atoms with van der Waals surface area (Å²) in [6, 6.07) is 7.42.